The summed E-state index contributed by atoms with van der Waals surface area (Å²) in [4.78, 5) is 23.1. The third-order valence-electron chi connectivity index (χ3n) is 4.91. The highest BCUT2D eigenvalue weighted by molar-refractivity contribution is 7.15. The molecule has 1 aliphatic rings. The van der Waals surface area contributed by atoms with Gasteiger partial charge in [-0.15, -0.1) is 11.3 Å². The van der Waals surface area contributed by atoms with Gasteiger partial charge in [0.05, 0.1) is 6.54 Å². The van der Waals surface area contributed by atoms with Crippen LogP contribution in [0.1, 0.15) is 33.6 Å². The molecule has 1 aromatic heterocycles. The number of nitrogens with zero attached hydrogens (tertiary/aromatic N) is 3. The van der Waals surface area contributed by atoms with Crippen LogP contribution in [0.5, 0.6) is 0 Å². The van der Waals surface area contributed by atoms with E-state index in [1.807, 2.05) is 42.3 Å². The SMILES string of the molecule is Cc1ccc(N(Cc2cnc(N3CCCC3)s2)C(=O)c2ccc(Cl)cc2)cc1. The Bertz CT molecular complexity index is 947. The molecule has 0 bridgehead atoms. The highest BCUT2D eigenvalue weighted by Crippen LogP contribution is 2.29. The highest BCUT2D eigenvalue weighted by Gasteiger charge is 2.21. The van der Waals surface area contributed by atoms with Gasteiger partial charge in [-0.25, -0.2) is 4.98 Å². The lowest BCUT2D eigenvalue weighted by Crippen LogP contribution is -2.30. The number of aromatic nitrogens is 1. The zero-order chi connectivity index (χ0) is 19.5. The maximum atomic E-state index is 13.3. The number of aryl methyl sites for hydroxylation is 1. The lowest BCUT2D eigenvalue weighted by molar-refractivity contribution is 0.0985. The molecule has 144 valence electrons. The molecule has 6 heteroatoms. The molecule has 4 nitrogen and oxygen atoms in total. The minimum Gasteiger partial charge on any atom is -0.348 e. The van der Waals surface area contributed by atoms with E-state index in [1.54, 1.807) is 35.6 Å². The van der Waals surface area contributed by atoms with Crippen molar-refractivity contribution in [2.75, 3.05) is 22.9 Å². The van der Waals surface area contributed by atoms with Crippen LogP contribution in [-0.4, -0.2) is 24.0 Å². The molecule has 28 heavy (non-hydrogen) atoms. The maximum absolute atomic E-state index is 13.3. The molecule has 1 fully saturated rings. The first-order valence-electron chi connectivity index (χ1n) is 9.44. The quantitative estimate of drug-likeness (QED) is 0.552. The fraction of sp³-hybridized carbons (Fsp3) is 0.273. The number of carbonyl (C=O) groups excluding carboxylic acids is 1. The van der Waals surface area contributed by atoms with Crippen molar-refractivity contribution in [1.82, 2.24) is 4.98 Å². The number of anilines is 2. The molecule has 0 saturated carbocycles. The van der Waals surface area contributed by atoms with Crippen molar-refractivity contribution in [3.8, 4) is 0 Å². The van der Waals surface area contributed by atoms with Gasteiger partial charge in [0, 0.05) is 40.4 Å². The van der Waals surface area contributed by atoms with Gasteiger partial charge >= 0.3 is 0 Å². The van der Waals surface area contributed by atoms with Gasteiger partial charge in [0.1, 0.15) is 0 Å². The Balaban J connectivity index is 1.62. The number of thiazole rings is 1. The fourth-order valence-electron chi connectivity index (χ4n) is 3.33. The Hall–Kier alpha value is -2.37. The normalized spacial score (nSPS) is 13.7. The van der Waals surface area contributed by atoms with Gasteiger partial charge in [-0.3, -0.25) is 4.79 Å². The van der Waals surface area contributed by atoms with Crippen molar-refractivity contribution in [2.24, 2.45) is 0 Å². The van der Waals surface area contributed by atoms with Gasteiger partial charge in [-0.1, -0.05) is 29.3 Å². The predicted molar refractivity (Wildman–Crippen MR) is 117 cm³/mol. The molecule has 0 unspecified atom stereocenters. The number of halogens is 1. The lowest BCUT2D eigenvalue weighted by Gasteiger charge is -2.22. The van der Waals surface area contributed by atoms with E-state index in [1.165, 1.54) is 12.8 Å². The van der Waals surface area contributed by atoms with E-state index in [0.717, 1.165) is 34.3 Å². The largest absolute Gasteiger partial charge is 0.348 e. The summed E-state index contributed by atoms with van der Waals surface area (Å²) >= 11 is 7.66. The molecule has 1 amide bonds. The Labute approximate surface area is 174 Å². The molecule has 3 aromatic rings. The maximum Gasteiger partial charge on any atom is 0.258 e. The van der Waals surface area contributed by atoms with Gasteiger partial charge in [0.25, 0.3) is 5.91 Å². The van der Waals surface area contributed by atoms with Crippen molar-refractivity contribution in [1.29, 1.82) is 0 Å². The molecule has 0 N–H and O–H groups in total. The van der Waals surface area contributed by atoms with Crippen molar-refractivity contribution < 1.29 is 4.79 Å². The molecule has 1 aliphatic heterocycles. The Kier molecular flexibility index (Phi) is 5.64. The van der Waals surface area contributed by atoms with Crippen LogP contribution in [0.15, 0.2) is 54.7 Å². The van der Waals surface area contributed by atoms with Gasteiger partial charge in [-0.05, 0) is 56.2 Å². The first kappa shape index (κ1) is 19.0. The average molecular weight is 412 g/mol. The third kappa shape index (κ3) is 4.21. The minimum absolute atomic E-state index is 0.0448. The molecule has 4 rings (SSSR count). The minimum atomic E-state index is -0.0448. The summed E-state index contributed by atoms with van der Waals surface area (Å²) in [5.41, 5.74) is 2.66. The predicted octanol–water partition coefficient (Wildman–Crippen LogP) is 5.55. The second kappa shape index (κ2) is 8.33. The second-order valence-electron chi connectivity index (χ2n) is 7.04. The number of carbonyl (C=O) groups is 1. The number of hydrogen-bond acceptors (Lipinski definition) is 4. The molecule has 2 aromatic carbocycles. The van der Waals surface area contributed by atoms with Crippen molar-refractivity contribution in [3.63, 3.8) is 0 Å². The van der Waals surface area contributed by atoms with E-state index < -0.39 is 0 Å². The van der Waals surface area contributed by atoms with E-state index in [9.17, 15) is 4.79 Å². The standard InChI is InChI=1S/C22H22ClN3OS/c1-16-4-10-19(11-5-16)26(21(27)17-6-8-18(23)9-7-17)15-20-14-24-22(28-20)25-12-2-3-13-25/h4-11,14H,2-3,12-13,15H2,1H3. The summed E-state index contributed by atoms with van der Waals surface area (Å²) in [6, 6.07) is 15.1. The van der Waals surface area contributed by atoms with Crippen LogP contribution in [0.25, 0.3) is 0 Å². The molecule has 0 spiro atoms. The first-order chi connectivity index (χ1) is 13.6. The van der Waals surface area contributed by atoms with E-state index in [-0.39, 0.29) is 5.91 Å². The van der Waals surface area contributed by atoms with E-state index in [0.29, 0.717) is 17.1 Å². The lowest BCUT2D eigenvalue weighted by atomic mass is 10.1. The third-order valence-corrected chi connectivity index (χ3v) is 6.21. The number of amides is 1. The molecule has 1 saturated heterocycles. The van der Waals surface area contributed by atoms with Crippen LogP contribution in [0.2, 0.25) is 5.02 Å². The molecule has 0 radical (unpaired) electrons. The average Bonchev–Trinajstić information content (AvgIpc) is 3.39. The van der Waals surface area contributed by atoms with Crippen LogP contribution in [-0.2, 0) is 6.54 Å². The van der Waals surface area contributed by atoms with Crippen LogP contribution in [0, 0.1) is 6.92 Å². The summed E-state index contributed by atoms with van der Waals surface area (Å²) < 4.78 is 0. The van der Waals surface area contributed by atoms with Gasteiger partial charge < -0.3 is 9.80 Å². The first-order valence-corrected chi connectivity index (χ1v) is 10.6. The Morgan fingerprint density at radius 2 is 1.79 bits per heavy atom. The van der Waals surface area contributed by atoms with Gasteiger partial charge in [-0.2, -0.15) is 0 Å². The second-order valence-corrected chi connectivity index (χ2v) is 8.57. The zero-order valence-electron chi connectivity index (χ0n) is 15.8. The molecular weight excluding hydrogens is 390 g/mol. The van der Waals surface area contributed by atoms with Crippen molar-refractivity contribution in [2.45, 2.75) is 26.3 Å². The number of benzene rings is 2. The number of rotatable bonds is 5. The van der Waals surface area contributed by atoms with E-state index >= 15 is 0 Å². The topological polar surface area (TPSA) is 36.4 Å². The monoisotopic (exact) mass is 411 g/mol. The summed E-state index contributed by atoms with van der Waals surface area (Å²) in [6.07, 6.45) is 4.34. The fourth-order valence-corrected chi connectivity index (χ4v) is 4.41. The molecule has 0 atom stereocenters. The van der Waals surface area contributed by atoms with Gasteiger partial charge in [0.2, 0.25) is 0 Å². The Morgan fingerprint density at radius 1 is 1.11 bits per heavy atom. The number of hydrogen-bond donors (Lipinski definition) is 0. The van der Waals surface area contributed by atoms with E-state index in [2.05, 4.69) is 9.88 Å². The smallest absolute Gasteiger partial charge is 0.258 e. The van der Waals surface area contributed by atoms with E-state index in [4.69, 9.17) is 11.6 Å². The van der Waals surface area contributed by atoms with Crippen molar-refractivity contribution >= 4 is 39.7 Å². The van der Waals surface area contributed by atoms with Crippen molar-refractivity contribution in [3.05, 3.63) is 75.8 Å². The van der Waals surface area contributed by atoms with Crippen LogP contribution in [0.4, 0.5) is 10.8 Å². The summed E-state index contributed by atoms with van der Waals surface area (Å²) in [7, 11) is 0. The highest BCUT2D eigenvalue weighted by atomic mass is 35.5. The van der Waals surface area contributed by atoms with Crippen LogP contribution in [0.3, 0.4) is 0 Å². The molecular formula is C22H22ClN3OS. The summed E-state index contributed by atoms with van der Waals surface area (Å²) in [5, 5.41) is 1.67. The Morgan fingerprint density at radius 3 is 2.46 bits per heavy atom. The molecule has 2 heterocycles. The molecule has 0 aliphatic carbocycles. The summed E-state index contributed by atoms with van der Waals surface area (Å²) in [6.45, 7) is 4.67. The zero-order valence-corrected chi connectivity index (χ0v) is 17.3. The summed E-state index contributed by atoms with van der Waals surface area (Å²) in [5.74, 6) is -0.0448. The van der Waals surface area contributed by atoms with Crippen LogP contribution >= 0.6 is 22.9 Å². The van der Waals surface area contributed by atoms with Gasteiger partial charge in [0.15, 0.2) is 5.13 Å². The van der Waals surface area contributed by atoms with Crippen LogP contribution < -0.4 is 9.80 Å².